The fraction of sp³-hybridized carbons (Fsp3) is 0.667. The van der Waals surface area contributed by atoms with Crippen LogP contribution in [0.25, 0.3) is 0 Å². The maximum absolute atomic E-state index is 12.2. The molecule has 6 heteroatoms. The number of amides is 1. The van der Waals surface area contributed by atoms with Crippen molar-refractivity contribution in [3.8, 4) is 0 Å². The third-order valence-corrected chi connectivity index (χ3v) is 5.48. The Morgan fingerprint density at radius 1 is 1.29 bits per heavy atom. The summed E-state index contributed by atoms with van der Waals surface area (Å²) in [5, 5.41) is 0. The molecule has 1 amide bonds. The first-order chi connectivity index (χ1) is 11.7. The summed E-state index contributed by atoms with van der Waals surface area (Å²) in [6, 6.07) is 2.20. The zero-order chi connectivity index (χ0) is 16.7. The van der Waals surface area contributed by atoms with Gasteiger partial charge >= 0.3 is 6.09 Å². The van der Waals surface area contributed by atoms with E-state index in [1.165, 1.54) is 18.4 Å². The van der Waals surface area contributed by atoms with Gasteiger partial charge in [-0.15, -0.1) is 0 Å². The summed E-state index contributed by atoms with van der Waals surface area (Å²) in [7, 11) is 3.23. The molecule has 1 aromatic rings. The Labute approximate surface area is 142 Å². The van der Waals surface area contributed by atoms with Crippen molar-refractivity contribution in [2.75, 3.05) is 20.8 Å². The minimum Gasteiger partial charge on any atom is -0.447 e. The molecule has 0 unspecified atom stereocenters. The second-order valence-corrected chi connectivity index (χ2v) is 7.01. The zero-order valence-corrected chi connectivity index (χ0v) is 14.3. The van der Waals surface area contributed by atoms with Crippen LogP contribution in [0.4, 0.5) is 4.79 Å². The van der Waals surface area contributed by atoms with E-state index >= 15 is 0 Å². The van der Waals surface area contributed by atoms with E-state index in [9.17, 15) is 4.79 Å². The van der Waals surface area contributed by atoms with Gasteiger partial charge in [-0.05, 0) is 49.7 Å². The van der Waals surface area contributed by atoms with Crippen molar-refractivity contribution in [2.24, 2.45) is 0 Å². The smallest absolute Gasteiger partial charge is 0.410 e. The molecular formula is C18H24N2O4. The van der Waals surface area contributed by atoms with Gasteiger partial charge < -0.3 is 14.2 Å². The van der Waals surface area contributed by atoms with Gasteiger partial charge in [0.1, 0.15) is 12.3 Å². The van der Waals surface area contributed by atoms with Gasteiger partial charge in [-0.25, -0.2) is 4.79 Å². The normalized spacial score (nSPS) is 21.3. The molecular weight excluding hydrogens is 308 g/mol. The molecule has 2 fully saturated rings. The second kappa shape index (κ2) is 6.01. The molecule has 1 aliphatic heterocycles. The number of carbonyl (C=O) groups excluding carboxylic acids is 1. The highest BCUT2D eigenvalue weighted by molar-refractivity contribution is 5.72. The standard InChI is InChI=1S/C18H24N2O4/c1-22-16(23-2)15-13(9-12-5-3-4-6-14(12)19-15)10-20-17(21)24-11-18(20)7-8-18/h9,16H,3-8,10-11H2,1-2H3. The highest BCUT2D eigenvalue weighted by Crippen LogP contribution is 2.47. The highest BCUT2D eigenvalue weighted by atomic mass is 16.7. The van der Waals surface area contributed by atoms with Gasteiger partial charge in [0.05, 0.1) is 12.1 Å². The SMILES string of the molecule is COC(OC)c1nc2c(cc1CN1C(=O)OCC13CC3)CCCC2. The Morgan fingerprint density at radius 2 is 2.04 bits per heavy atom. The summed E-state index contributed by atoms with van der Waals surface area (Å²) in [4.78, 5) is 18.9. The predicted molar refractivity (Wildman–Crippen MR) is 86.5 cm³/mol. The lowest BCUT2D eigenvalue weighted by Gasteiger charge is -2.26. The van der Waals surface area contributed by atoms with E-state index in [1.54, 1.807) is 14.2 Å². The fourth-order valence-electron chi connectivity index (χ4n) is 3.85. The molecule has 1 spiro atoms. The Morgan fingerprint density at radius 3 is 2.75 bits per heavy atom. The van der Waals surface area contributed by atoms with Crippen LogP contribution in [0.1, 0.15) is 54.5 Å². The molecule has 0 bridgehead atoms. The van der Waals surface area contributed by atoms with Crippen molar-refractivity contribution in [1.82, 2.24) is 9.88 Å². The summed E-state index contributed by atoms with van der Waals surface area (Å²) < 4.78 is 16.2. The van der Waals surface area contributed by atoms with E-state index in [4.69, 9.17) is 19.2 Å². The summed E-state index contributed by atoms with van der Waals surface area (Å²) >= 11 is 0. The van der Waals surface area contributed by atoms with Crippen molar-refractivity contribution in [1.29, 1.82) is 0 Å². The van der Waals surface area contributed by atoms with Crippen LogP contribution in [-0.4, -0.2) is 42.3 Å². The zero-order valence-electron chi connectivity index (χ0n) is 14.3. The Balaban J connectivity index is 1.71. The van der Waals surface area contributed by atoms with Gasteiger partial charge in [0, 0.05) is 19.9 Å². The van der Waals surface area contributed by atoms with Crippen molar-refractivity contribution in [3.05, 3.63) is 28.6 Å². The maximum atomic E-state index is 12.2. The van der Waals surface area contributed by atoms with Crippen LogP contribution >= 0.6 is 0 Å². The van der Waals surface area contributed by atoms with Crippen molar-refractivity contribution in [3.63, 3.8) is 0 Å². The Bertz CT molecular complexity index is 653. The number of nitrogens with zero attached hydrogens (tertiary/aromatic N) is 2. The molecule has 1 saturated heterocycles. The summed E-state index contributed by atoms with van der Waals surface area (Å²) in [6.45, 7) is 1.02. The molecule has 1 aromatic heterocycles. The molecule has 0 aromatic carbocycles. The van der Waals surface area contributed by atoms with Crippen molar-refractivity contribution < 1.29 is 19.0 Å². The van der Waals surface area contributed by atoms with Crippen LogP contribution in [0.15, 0.2) is 6.07 Å². The number of carbonyl (C=O) groups is 1. The van der Waals surface area contributed by atoms with Crippen molar-refractivity contribution in [2.45, 2.75) is 56.9 Å². The Hall–Kier alpha value is -1.66. The number of hydrogen-bond acceptors (Lipinski definition) is 5. The predicted octanol–water partition coefficient (Wildman–Crippen LogP) is 2.74. The first kappa shape index (κ1) is 15.8. The first-order valence-electron chi connectivity index (χ1n) is 8.68. The molecule has 24 heavy (non-hydrogen) atoms. The second-order valence-electron chi connectivity index (χ2n) is 7.01. The van der Waals surface area contributed by atoms with E-state index in [2.05, 4.69) is 6.07 Å². The maximum Gasteiger partial charge on any atom is 0.410 e. The highest BCUT2D eigenvalue weighted by Gasteiger charge is 2.56. The van der Waals surface area contributed by atoms with Gasteiger partial charge in [-0.1, -0.05) is 6.07 Å². The van der Waals surface area contributed by atoms with Crippen LogP contribution in [-0.2, 0) is 33.6 Å². The molecule has 0 radical (unpaired) electrons. The van der Waals surface area contributed by atoms with Gasteiger partial charge in [0.25, 0.3) is 0 Å². The monoisotopic (exact) mass is 332 g/mol. The summed E-state index contributed by atoms with van der Waals surface area (Å²) in [6.07, 6.45) is 5.72. The van der Waals surface area contributed by atoms with Crippen LogP contribution in [0.5, 0.6) is 0 Å². The van der Waals surface area contributed by atoms with Crippen LogP contribution in [0.2, 0.25) is 0 Å². The number of ether oxygens (including phenoxy) is 3. The van der Waals surface area contributed by atoms with Gasteiger partial charge in [0.15, 0.2) is 0 Å². The molecule has 0 atom stereocenters. The third-order valence-electron chi connectivity index (χ3n) is 5.48. The average Bonchev–Trinajstić information content (AvgIpc) is 3.33. The lowest BCUT2D eigenvalue weighted by Crippen LogP contribution is -2.35. The largest absolute Gasteiger partial charge is 0.447 e. The topological polar surface area (TPSA) is 60.9 Å². The third kappa shape index (κ3) is 2.58. The molecule has 130 valence electrons. The Kier molecular flexibility index (Phi) is 3.96. The lowest BCUT2D eigenvalue weighted by atomic mass is 9.93. The lowest BCUT2D eigenvalue weighted by molar-refractivity contribution is -0.109. The molecule has 2 aliphatic carbocycles. The number of pyridine rings is 1. The molecule has 6 nitrogen and oxygen atoms in total. The minimum absolute atomic E-state index is 0.0834. The number of hydrogen-bond donors (Lipinski definition) is 0. The molecule has 1 saturated carbocycles. The van der Waals surface area contributed by atoms with Gasteiger partial charge in [-0.2, -0.15) is 0 Å². The van der Waals surface area contributed by atoms with E-state index in [0.717, 1.165) is 42.6 Å². The van der Waals surface area contributed by atoms with Crippen molar-refractivity contribution >= 4 is 6.09 Å². The average molecular weight is 332 g/mol. The number of cyclic esters (lactones) is 1. The van der Waals surface area contributed by atoms with Crippen LogP contribution < -0.4 is 0 Å². The van der Waals surface area contributed by atoms with E-state index < -0.39 is 6.29 Å². The number of methoxy groups -OCH3 is 2. The van der Waals surface area contributed by atoms with E-state index in [1.807, 2.05) is 4.90 Å². The molecule has 4 rings (SSSR count). The van der Waals surface area contributed by atoms with E-state index in [0.29, 0.717) is 13.2 Å². The minimum atomic E-state index is -0.513. The van der Waals surface area contributed by atoms with Crippen LogP contribution in [0.3, 0.4) is 0 Å². The summed E-state index contributed by atoms with van der Waals surface area (Å²) in [5.74, 6) is 0. The van der Waals surface area contributed by atoms with E-state index in [-0.39, 0.29) is 11.6 Å². The number of fused-ring (bicyclic) bond motifs is 1. The molecule has 3 aliphatic rings. The quantitative estimate of drug-likeness (QED) is 0.776. The summed E-state index contributed by atoms with van der Waals surface area (Å²) in [5.41, 5.74) is 4.15. The van der Waals surface area contributed by atoms with Crippen LogP contribution in [0, 0.1) is 0 Å². The fourth-order valence-corrected chi connectivity index (χ4v) is 3.85. The molecule has 2 heterocycles. The number of aromatic nitrogens is 1. The first-order valence-corrected chi connectivity index (χ1v) is 8.68. The number of aryl methyl sites for hydroxylation is 2. The number of rotatable bonds is 5. The van der Waals surface area contributed by atoms with Gasteiger partial charge in [-0.3, -0.25) is 9.88 Å². The van der Waals surface area contributed by atoms with Gasteiger partial charge in [0.2, 0.25) is 6.29 Å². The molecule has 0 N–H and O–H groups in total.